The summed E-state index contributed by atoms with van der Waals surface area (Å²) in [5.41, 5.74) is 9.06. The minimum Gasteiger partial charge on any atom is -0.368 e. The number of anilines is 1. The van der Waals surface area contributed by atoms with Crippen LogP contribution in [0.5, 0.6) is 0 Å². The van der Waals surface area contributed by atoms with Crippen molar-refractivity contribution in [2.24, 2.45) is 0 Å². The highest BCUT2D eigenvalue weighted by atomic mass is 35.5. The lowest BCUT2D eigenvalue weighted by molar-refractivity contribution is 0.0953. The summed E-state index contributed by atoms with van der Waals surface area (Å²) >= 11 is 0. The molecular weight excluding hydrogens is 470 g/mol. The van der Waals surface area contributed by atoms with Crippen LogP contribution in [0.1, 0.15) is 57.2 Å². The molecule has 0 unspecified atom stereocenters. The summed E-state index contributed by atoms with van der Waals surface area (Å²) < 4.78 is 0. The van der Waals surface area contributed by atoms with E-state index in [9.17, 15) is 9.59 Å². The Kier molecular flexibility index (Phi) is 7.82. The van der Waals surface area contributed by atoms with Crippen molar-refractivity contribution in [1.29, 1.82) is 0 Å². The van der Waals surface area contributed by atoms with Gasteiger partial charge in [-0.3, -0.25) is 9.59 Å². The number of nitrogens with zero attached hydrogens (tertiary/aromatic N) is 1. The molecule has 1 fully saturated rings. The largest absolute Gasteiger partial charge is 0.368 e. The number of piperazine rings is 1. The molecule has 0 bridgehead atoms. The fraction of sp³-hybridized carbons (Fsp3) is 0.333. The fourth-order valence-corrected chi connectivity index (χ4v) is 5.33. The summed E-state index contributed by atoms with van der Waals surface area (Å²) in [7, 11) is 0. The number of carbonyl (C=O) groups excluding carboxylic acids is 2. The van der Waals surface area contributed by atoms with E-state index in [1.165, 1.54) is 11.1 Å². The molecule has 1 amide bonds. The van der Waals surface area contributed by atoms with Gasteiger partial charge in [-0.05, 0) is 54.2 Å². The Morgan fingerprint density at radius 3 is 2.36 bits per heavy atom. The van der Waals surface area contributed by atoms with E-state index in [4.69, 9.17) is 0 Å². The molecule has 0 saturated carbocycles. The van der Waals surface area contributed by atoms with Gasteiger partial charge >= 0.3 is 0 Å². The third kappa shape index (κ3) is 4.42. The van der Waals surface area contributed by atoms with E-state index in [0.717, 1.165) is 67.0 Å². The van der Waals surface area contributed by atoms with Gasteiger partial charge in [0, 0.05) is 43.9 Å². The highest BCUT2D eigenvalue weighted by Gasteiger charge is 2.36. The lowest BCUT2D eigenvalue weighted by atomic mass is 9.87. The molecule has 0 spiro atoms. The van der Waals surface area contributed by atoms with Crippen molar-refractivity contribution in [3.63, 3.8) is 0 Å². The Bertz CT molecular complexity index is 1310. The molecular formula is C30H34ClN3O2. The first-order valence-electron chi connectivity index (χ1n) is 12.7. The Morgan fingerprint density at radius 2 is 1.64 bits per heavy atom. The van der Waals surface area contributed by atoms with Gasteiger partial charge in [0.1, 0.15) is 0 Å². The first-order valence-corrected chi connectivity index (χ1v) is 12.7. The number of ketones is 1. The van der Waals surface area contributed by atoms with Crippen LogP contribution in [0.2, 0.25) is 0 Å². The third-order valence-electron chi connectivity index (χ3n) is 7.36. The number of hydrogen-bond acceptors (Lipinski definition) is 4. The Morgan fingerprint density at radius 1 is 0.944 bits per heavy atom. The standard InChI is InChI=1S/C30H33N3O2.ClH/c1-4-5-13-32-30(35)25-18-24(21-12-8-9-19(2)20(21)3)26-22-10-6-7-11-23(22)29(34)27(26)28(25)33-16-14-31-15-17-33;/h6-12,18,31H,4-5,13-17H2,1-3H3,(H,32,35);1H. The zero-order valence-electron chi connectivity index (χ0n) is 21.2. The van der Waals surface area contributed by atoms with Crippen LogP contribution in [0.25, 0.3) is 22.3 Å². The van der Waals surface area contributed by atoms with Crippen molar-refractivity contribution in [2.45, 2.75) is 33.6 Å². The number of aryl methyl sites for hydroxylation is 1. The van der Waals surface area contributed by atoms with Gasteiger partial charge in [0.2, 0.25) is 0 Å². The highest BCUT2D eigenvalue weighted by Crippen LogP contribution is 2.49. The maximum atomic E-state index is 13.9. The van der Waals surface area contributed by atoms with Gasteiger partial charge in [0.15, 0.2) is 5.78 Å². The fourth-order valence-electron chi connectivity index (χ4n) is 5.33. The number of fused-ring (bicyclic) bond motifs is 3. The molecule has 0 radical (unpaired) electrons. The van der Waals surface area contributed by atoms with Crippen LogP contribution in [0, 0.1) is 13.8 Å². The third-order valence-corrected chi connectivity index (χ3v) is 7.36. The molecule has 3 aromatic rings. The van der Waals surface area contributed by atoms with Crippen molar-refractivity contribution in [3.8, 4) is 22.3 Å². The molecule has 5 nitrogen and oxygen atoms in total. The second-order valence-electron chi connectivity index (χ2n) is 9.54. The molecule has 36 heavy (non-hydrogen) atoms. The number of hydrogen-bond donors (Lipinski definition) is 2. The molecule has 1 saturated heterocycles. The van der Waals surface area contributed by atoms with E-state index in [1.54, 1.807) is 0 Å². The lowest BCUT2D eigenvalue weighted by Gasteiger charge is -2.33. The monoisotopic (exact) mass is 503 g/mol. The van der Waals surface area contributed by atoms with Gasteiger partial charge in [-0.25, -0.2) is 0 Å². The van der Waals surface area contributed by atoms with Crippen molar-refractivity contribution < 1.29 is 9.59 Å². The first-order chi connectivity index (χ1) is 17.0. The molecule has 1 aliphatic heterocycles. The zero-order valence-corrected chi connectivity index (χ0v) is 22.1. The van der Waals surface area contributed by atoms with Crippen molar-refractivity contribution in [3.05, 3.63) is 76.3 Å². The van der Waals surface area contributed by atoms with Gasteiger partial charge in [-0.2, -0.15) is 0 Å². The van der Waals surface area contributed by atoms with Crippen molar-refractivity contribution in [1.82, 2.24) is 10.6 Å². The van der Waals surface area contributed by atoms with Gasteiger partial charge in [0.25, 0.3) is 5.91 Å². The summed E-state index contributed by atoms with van der Waals surface area (Å²) in [6, 6.07) is 16.2. The van der Waals surface area contributed by atoms with Gasteiger partial charge in [0.05, 0.1) is 16.8 Å². The smallest absolute Gasteiger partial charge is 0.253 e. The van der Waals surface area contributed by atoms with Crippen LogP contribution < -0.4 is 15.5 Å². The molecule has 3 aromatic carbocycles. The number of carbonyl (C=O) groups is 2. The molecule has 1 aliphatic carbocycles. The number of halogens is 1. The topological polar surface area (TPSA) is 61.4 Å². The van der Waals surface area contributed by atoms with Crippen molar-refractivity contribution >= 4 is 29.8 Å². The summed E-state index contributed by atoms with van der Waals surface area (Å²) in [4.78, 5) is 29.8. The van der Waals surface area contributed by atoms with E-state index in [1.807, 2.05) is 30.3 Å². The maximum absolute atomic E-state index is 13.9. The minimum atomic E-state index is -0.106. The summed E-state index contributed by atoms with van der Waals surface area (Å²) in [6.45, 7) is 10.1. The predicted molar refractivity (Wildman–Crippen MR) is 150 cm³/mol. The maximum Gasteiger partial charge on any atom is 0.253 e. The summed E-state index contributed by atoms with van der Waals surface area (Å²) in [5, 5.41) is 6.51. The minimum absolute atomic E-state index is 0. The van der Waals surface area contributed by atoms with Crippen LogP contribution in [-0.4, -0.2) is 44.4 Å². The molecule has 0 atom stereocenters. The second kappa shape index (κ2) is 10.9. The van der Waals surface area contributed by atoms with Crippen LogP contribution in [0.4, 0.5) is 5.69 Å². The van der Waals surface area contributed by atoms with Gasteiger partial charge in [-0.1, -0.05) is 55.8 Å². The highest BCUT2D eigenvalue weighted by molar-refractivity contribution is 6.28. The normalized spacial score (nSPS) is 14.2. The number of rotatable bonds is 6. The SMILES string of the molecule is CCCCNC(=O)c1cc(-c2cccc(C)c2C)c2c(c1N1CCNCC1)C(=O)c1ccccc1-2.Cl. The van der Waals surface area contributed by atoms with Crippen molar-refractivity contribution in [2.75, 3.05) is 37.6 Å². The number of benzene rings is 3. The number of nitrogens with one attached hydrogen (secondary N) is 2. The van der Waals surface area contributed by atoms with Crippen LogP contribution in [0.3, 0.4) is 0 Å². The summed E-state index contributed by atoms with van der Waals surface area (Å²) in [6.07, 6.45) is 1.94. The number of unbranched alkanes of at least 4 members (excludes halogenated alkanes) is 1. The van der Waals surface area contributed by atoms with E-state index in [-0.39, 0.29) is 24.1 Å². The average Bonchev–Trinajstić information content (AvgIpc) is 3.18. The zero-order chi connectivity index (χ0) is 24.5. The van der Waals surface area contributed by atoms with E-state index in [0.29, 0.717) is 23.2 Å². The van der Waals surface area contributed by atoms with Crippen LogP contribution in [-0.2, 0) is 0 Å². The van der Waals surface area contributed by atoms with Crippen LogP contribution >= 0.6 is 12.4 Å². The average molecular weight is 504 g/mol. The molecule has 1 heterocycles. The molecule has 5 rings (SSSR count). The van der Waals surface area contributed by atoms with E-state index >= 15 is 0 Å². The Labute approximate surface area is 219 Å². The predicted octanol–water partition coefficient (Wildman–Crippen LogP) is 5.54. The Balaban J connectivity index is 0.00000304. The molecule has 188 valence electrons. The number of amides is 1. The summed E-state index contributed by atoms with van der Waals surface area (Å²) in [5.74, 6) is -0.0935. The molecule has 2 aliphatic rings. The quantitative estimate of drug-likeness (QED) is 0.339. The molecule has 6 heteroatoms. The van der Waals surface area contributed by atoms with Gasteiger partial charge < -0.3 is 15.5 Å². The second-order valence-corrected chi connectivity index (χ2v) is 9.54. The van der Waals surface area contributed by atoms with E-state index in [2.05, 4.69) is 54.5 Å². The first kappa shape index (κ1) is 25.9. The van der Waals surface area contributed by atoms with Gasteiger partial charge in [-0.15, -0.1) is 12.4 Å². The lowest BCUT2D eigenvalue weighted by Crippen LogP contribution is -2.45. The van der Waals surface area contributed by atoms with E-state index < -0.39 is 0 Å². The molecule has 2 N–H and O–H groups in total. The van der Waals surface area contributed by atoms with Crippen LogP contribution in [0.15, 0.2) is 48.5 Å². The Hall–Kier alpha value is -3.15. The molecule has 0 aromatic heterocycles.